The van der Waals surface area contributed by atoms with Crippen molar-refractivity contribution in [3.8, 4) is 0 Å². The molecule has 2 aromatic rings. The van der Waals surface area contributed by atoms with Gasteiger partial charge in [0.2, 0.25) is 0 Å². The van der Waals surface area contributed by atoms with Gasteiger partial charge in [-0.3, -0.25) is 0 Å². The summed E-state index contributed by atoms with van der Waals surface area (Å²) in [5.74, 6) is 0.801. The molecule has 1 aromatic heterocycles. The second-order valence-electron chi connectivity index (χ2n) is 4.22. The Bertz CT molecular complexity index is 601. The van der Waals surface area contributed by atoms with Gasteiger partial charge in [-0.25, -0.2) is 4.98 Å². The molecule has 2 N–H and O–H groups in total. The zero-order chi connectivity index (χ0) is 13.8. The van der Waals surface area contributed by atoms with E-state index in [-0.39, 0.29) is 0 Å². The first-order valence-electron chi connectivity index (χ1n) is 5.78. The average Bonchev–Trinajstić information content (AvgIpc) is 2.38. The van der Waals surface area contributed by atoms with E-state index in [0.717, 1.165) is 22.4 Å². The summed E-state index contributed by atoms with van der Waals surface area (Å²) in [5, 5.41) is 0. The lowest BCUT2D eigenvalue weighted by molar-refractivity contribution is 0.895. The van der Waals surface area contributed by atoms with Gasteiger partial charge in [0.15, 0.2) is 0 Å². The highest BCUT2D eigenvalue weighted by molar-refractivity contribution is 9.10. The predicted octanol–water partition coefficient (Wildman–Crippen LogP) is 3.11. The summed E-state index contributed by atoms with van der Waals surface area (Å²) in [6.45, 7) is 0.742. The van der Waals surface area contributed by atoms with E-state index in [0.29, 0.717) is 4.99 Å². The largest absolute Gasteiger partial charge is 0.389 e. The van der Waals surface area contributed by atoms with Crippen molar-refractivity contribution < 1.29 is 0 Å². The van der Waals surface area contributed by atoms with E-state index < -0.39 is 0 Å². The maximum Gasteiger partial charge on any atom is 0.138 e. The second-order valence-corrected chi connectivity index (χ2v) is 5.58. The van der Waals surface area contributed by atoms with E-state index >= 15 is 0 Å². The lowest BCUT2D eigenvalue weighted by Gasteiger charge is -2.20. The highest BCUT2D eigenvalue weighted by Gasteiger charge is 2.11. The van der Waals surface area contributed by atoms with Crippen LogP contribution in [0.3, 0.4) is 0 Å². The molecule has 0 spiro atoms. The molecule has 0 radical (unpaired) electrons. The summed E-state index contributed by atoms with van der Waals surface area (Å²) in [5.41, 5.74) is 7.72. The first kappa shape index (κ1) is 14.0. The molecule has 2 rings (SSSR count). The van der Waals surface area contributed by atoms with Gasteiger partial charge < -0.3 is 10.6 Å². The van der Waals surface area contributed by atoms with Gasteiger partial charge in [-0.1, -0.05) is 40.3 Å². The minimum atomic E-state index is 0.365. The van der Waals surface area contributed by atoms with E-state index in [1.807, 2.05) is 36.2 Å². The van der Waals surface area contributed by atoms with Crippen LogP contribution in [0.4, 0.5) is 5.82 Å². The van der Waals surface area contributed by atoms with Crippen LogP contribution < -0.4 is 10.6 Å². The molecule has 0 amide bonds. The molecule has 98 valence electrons. The topological polar surface area (TPSA) is 42.2 Å². The summed E-state index contributed by atoms with van der Waals surface area (Å²) in [7, 11) is 1.98. The van der Waals surface area contributed by atoms with Crippen molar-refractivity contribution in [3.63, 3.8) is 0 Å². The molecule has 0 saturated carbocycles. The quantitative estimate of drug-likeness (QED) is 0.871. The molecule has 0 atom stereocenters. The fraction of sp³-hybridized carbons (Fsp3) is 0.143. The normalized spacial score (nSPS) is 10.2. The molecule has 0 aliphatic carbocycles. The van der Waals surface area contributed by atoms with Crippen LogP contribution in [0.15, 0.2) is 47.1 Å². The van der Waals surface area contributed by atoms with Crippen molar-refractivity contribution in [1.29, 1.82) is 0 Å². The number of halogens is 1. The molecule has 0 saturated heterocycles. The molecular weight excluding hydrogens is 322 g/mol. The van der Waals surface area contributed by atoms with E-state index in [4.69, 9.17) is 18.0 Å². The van der Waals surface area contributed by atoms with Crippen LogP contribution >= 0.6 is 28.1 Å². The van der Waals surface area contributed by atoms with Gasteiger partial charge in [-0.2, -0.15) is 0 Å². The third-order valence-electron chi connectivity index (χ3n) is 2.72. The lowest BCUT2D eigenvalue weighted by Crippen LogP contribution is -2.22. The van der Waals surface area contributed by atoms with Crippen LogP contribution in [0.2, 0.25) is 0 Å². The summed E-state index contributed by atoms with van der Waals surface area (Å²) < 4.78 is 1.06. The standard InChI is InChI=1S/C14H14BrN3S/c1-18(9-10-4-2-5-11(15)8-10)14-12(13(16)19)6-3-7-17-14/h2-8H,9H2,1H3,(H2,16,19). The number of benzene rings is 1. The molecule has 5 heteroatoms. The molecule has 0 aliphatic rings. The van der Waals surface area contributed by atoms with Gasteiger partial charge in [0, 0.05) is 24.3 Å². The van der Waals surface area contributed by atoms with Crippen molar-refractivity contribution >= 4 is 39.0 Å². The number of nitrogens with two attached hydrogens (primary N) is 1. The predicted molar refractivity (Wildman–Crippen MR) is 86.4 cm³/mol. The Hall–Kier alpha value is -1.46. The van der Waals surface area contributed by atoms with Gasteiger partial charge >= 0.3 is 0 Å². The van der Waals surface area contributed by atoms with Gasteiger partial charge in [-0.15, -0.1) is 0 Å². The number of hydrogen-bond acceptors (Lipinski definition) is 3. The summed E-state index contributed by atoms with van der Waals surface area (Å²) >= 11 is 8.53. The van der Waals surface area contributed by atoms with Crippen LogP contribution in [-0.4, -0.2) is 17.0 Å². The lowest BCUT2D eigenvalue weighted by atomic mass is 10.2. The van der Waals surface area contributed by atoms with Crippen molar-refractivity contribution in [3.05, 3.63) is 58.2 Å². The number of aromatic nitrogens is 1. The van der Waals surface area contributed by atoms with Crippen LogP contribution in [0.1, 0.15) is 11.1 Å². The van der Waals surface area contributed by atoms with Crippen LogP contribution in [0.25, 0.3) is 0 Å². The number of nitrogens with zero attached hydrogens (tertiary/aromatic N) is 2. The Balaban J connectivity index is 2.25. The SMILES string of the molecule is CN(Cc1cccc(Br)c1)c1ncccc1C(N)=S. The average molecular weight is 336 g/mol. The van der Waals surface area contributed by atoms with E-state index in [9.17, 15) is 0 Å². The highest BCUT2D eigenvalue weighted by atomic mass is 79.9. The van der Waals surface area contributed by atoms with Crippen molar-refractivity contribution in [2.24, 2.45) is 5.73 Å². The fourth-order valence-electron chi connectivity index (χ4n) is 1.88. The maximum atomic E-state index is 5.73. The Labute approximate surface area is 126 Å². The van der Waals surface area contributed by atoms with Crippen molar-refractivity contribution in [2.75, 3.05) is 11.9 Å². The van der Waals surface area contributed by atoms with Crippen LogP contribution in [0.5, 0.6) is 0 Å². The van der Waals surface area contributed by atoms with Gasteiger partial charge in [0.05, 0.1) is 5.56 Å². The second kappa shape index (κ2) is 6.12. The molecule has 0 fully saturated rings. The molecule has 0 bridgehead atoms. The third-order valence-corrected chi connectivity index (χ3v) is 3.44. The summed E-state index contributed by atoms with van der Waals surface area (Å²) in [6.07, 6.45) is 1.74. The minimum absolute atomic E-state index is 0.365. The first-order valence-corrected chi connectivity index (χ1v) is 6.98. The van der Waals surface area contributed by atoms with E-state index in [1.54, 1.807) is 6.20 Å². The minimum Gasteiger partial charge on any atom is -0.389 e. The van der Waals surface area contributed by atoms with Gasteiger partial charge in [-0.05, 0) is 29.8 Å². The highest BCUT2D eigenvalue weighted by Crippen LogP contribution is 2.19. The molecule has 3 nitrogen and oxygen atoms in total. The van der Waals surface area contributed by atoms with E-state index in [2.05, 4.69) is 33.0 Å². The Morgan fingerprint density at radius 1 is 1.37 bits per heavy atom. The molecule has 19 heavy (non-hydrogen) atoms. The number of anilines is 1. The maximum absolute atomic E-state index is 5.73. The van der Waals surface area contributed by atoms with Crippen LogP contribution in [-0.2, 0) is 6.54 Å². The number of pyridine rings is 1. The Kier molecular flexibility index (Phi) is 4.50. The smallest absolute Gasteiger partial charge is 0.138 e. The van der Waals surface area contributed by atoms with Crippen molar-refractivity contribution in [2.45, 2.75) is 6.54 Å². The van der Waals surface area contributed by atoms with Crippen LogP contribution in [0, 0.1) is 0 Å². The van der Waals surface area contributed by atoms with Crippen molar-refractivity contribution in [1.82, 2.24) is 4.98 Å². The van der Waals surface area contributed by atoms with Gasteiger partial charge in [0.25, 0.3) is 0 Å². The monoisotopic (exact) mass is 335 g/mol. The van der Waals surface area contributed by atoms with E-state index in [1.165, 1.54) is 5.56 Å². The van der Waals surface area contributed by atoms with Gasteiger partial charge in [0.1, 0.15) is 10.8 Å². The number of hydrogen-bond donors (Lipinski definition) is 1. The molecule has 0 unspecified atom stereocenters. The molecular formula is C14H14BrN3S. The third kappa shape index (κ3) is 3.52. The number of rotatable bonds is 4. The summed E-state index contributed by atoms with van der Waals surface area (Å²) in [6, 6.07) is 11.9. The molecule has 1 aromatic carbocycles. The Morgan fingerprint density at radius 2 is 2.16 bits per heavy atom. The molecule has 1 heterocycles. The summed E-state index contributed by atoms with van der Waals surface area (Å²) in [4.78, 5) is 6.77. The first-order chi connectivity index (χ1) is 9.08. The number of thiocarbonyl (C=S) groups is 1. The Morgan fingerprint density at radius 3 is 2.84 bits per heavy atom. The molecule has 0 aliphatic heterocycles. The zero-order valence-electron chi connectivity index (χ0n) is 10.5. The zero-order valence-corrected chi connectivity index (χ0v) is 12.9. The fourth-order valence-corrected chi connectivity index (χ4v) is 2.48.